The number of carbonyl (C=O) groups is 2. The number of hydrogen-bond acceptors (Lipinski definition) is 5. The van der Waals surface area contributed by atoms with Crippen LogP contribution in [0.5, 0.6) is 0 Å². The number of amides is 1. The fraction of sp³-hybridized carbons (Fsp3) is 0.259. The van der Waals surface area contributed by atoms with E-state index >= 15 is 0 Å². The molecule has 39 heavy (non-hydrogen) atoms. The van der Waals surface area contributed by atoms with E-state index in [4.69, 9.17) is 0 Å². The molecule has 12 heteroatoms. The Hall–Kier alpha value is -4.35. The molecule has 0 radical (unpaired) electrons. The van der Waals surface area contributed by atoms with Gasteiger partial charge in [0.25, 0.3) is 5.91 Å². The van der Waals surface area contributed by atoms with Crippen LogP contribution < -0.4 is 10.6 Å². The number of fused-ring (bicyclic) bond motifs is 1. The molecule has 0 saturated heterocycles. The third kappa shape index (κ3) is 5.74. The Bertz CT molecular complexity index is 1590. The highest BCUT2D eigenvalue weighted by molar-refractivity contribution is 6.08. The Labute approximate surface area is 219 Å². The minimum Gasteiger partial charge on any atom is -0.382 e. The first-order chi connectivity index (χ1) is 18.5. The Morgan fingerprint density at radius 1 is 1.05 bits per heavy atom. The van der Waals surface area contributed by atoms with E-state index in [1.807, 2.05) is 0 Å². The van der Waals surface area contributed by atoms with Crippen LogP contribution >= 0.6 is 0 Å². The van der Waals surface area contributed by atoms with Gasteiger partial charge in [-0.05, 0) is 61.7 Å². The van der Waals surface area contributed by atoms with Gasteiger partial charge in [0.05, 0.1) is 29.6 Å². The van der Waals surface area contributed by atoms with Gasteiger partial charge in [0.1, 0.15) is 17.3 Å². The molecule has 2 aromatic heterocycles. The molecule has 2 heterocycles. The summed E-state index contributed by atoms with van der Waals surface area (Å²) in [6, 6.07) is 8.76. The van der Waals surface area contributed by atoms with Gasteiger partial charge < -0.3 is 10.6 Å². The topological polar surface area (TPSA) is 88.4 Å². The molecule has 2 aromatic carbocycles. The van der Waals surface area contributed by atoms with Gasteiger partial charge in [-0.1, -0.05) is 6.07 Å². The first kappa shape index (κ1) is 26.3. The summed E-state index contributed by atoms with van der Waals surface area (Å²) in [5.41, 5.74) is 1.35. The monoisotopic (exact) mass is 543 g/mol. The van der Waals surface area contributed by atoms with Gasteiger partial charge in [-0.15, -0.1) is 0 Å². The Balaban J connectivity index is 1.57. The van der Waals surface area contributed by atoms with Crippen molar-refractivity contribution in [3.63, 3.8) is 0 Å². The molecular weight excluding hydrogens is 521 g/mol. The van der Waals surface area contributed by atoms with Crippen LogP contribution in [0.15, 0.2) is 48.7 Å². The maximum atomic E-state index is 14.4. The predicted octanol–water partition coefficient (Wildman–Crippen LogP) is 5.47. The predicted molar refractivity (Wildman–Crippen MR) is 133 cm³/mol. The molecular formula is C27H22F5N5O2. The molecule has 0 unspecified atom stereocenters. The average Bonchev–Trinajstić information content (AvgIpc) is 3.58. The molecule has 202 valence electrons. The summed E-state index contributed by atoms with van der Waals surface area (Å²) in [4.78, 5) is 29.9. The van der Waals surface area contributed by atoms with Crippen LogP contribution in [0.1, 0.15) is 51.2 Å². The lowest BCUT2D eigenvalue weighted by molar-refractivity contribution is -0.131. The number of halogens is 5. The molecule has 0 atom stereocenters. The molecule has 1 amide bonds. The highest BCUT2D eigenvalue weighted by atomic mass is 19.4. The molecule has 0 spiro atoms. The number of imidazole rings is 1. The van der Waals surface area contributed by atoms with Crippen LogP contribution in [0.3, 0.4) is 0 Å². The number of benzene rings is 2. The van der Waals surface area contributed by atoms with E-state index in [0.717, 1.165) is 37.1 Å². The maximum Gasteiger partial charge on any atom is 0.390 e. The van der Waals surface area contributed by atoms with Crippen LogP contribution in [-0.2, 0) is 0 Å². The zero-order chi connectivity index (χ0) is 27.9. The molecule has 1 saturated carbocycles. The van der Waals surface area contributed by atoms with Gasteiger partial charge in [0.2, 0.25) is 5.78 Å². The normalized spacial score (nSPS) is 13.5. The quantitative estimate of drug-likeness (QED) is 0.227. The van der Waals surface area contributed by atoms with Crippen LogP contribution in [0.2, 0.25) is 0 Å². The largest absolute Gasteiger partial charge is 0.390 e. The molecule has 0 aliphatic heterocycles. The third-order valence-corrected chi connectivity index (χ3v) is 6.28. The van der Waals surface area contributed by atoms with Gasteiger partial charge in [0.15, 0.2) is 5.65 Å². The van der Waals surface area contributed by atoms with Crippen molar-refractivity contribution in [1.29, 1.82) is 0 Å². The number of hydrogen-bond donors (Lipinski definition) is 2. The number of rotatable bonds is 8. The van der Waals surface area contributed by atoms with Crippen LogP contribution in [0.4, 0.5) is 27.6 Å². The average molecular weight is 543 g/mol. The molecule has 4 aromatic rings. The number of anilines is 1. The maximum absolute atomic E-state index is 14.4. The molecule has 1 aliphatic rings. The van der Waals surface area contributed by atoms with E-state index in [-0.39, 0.29) is 29.0 Å². The number of aromatic nitrogens is 3. The smallest absolute Gasteiger partial charge is 0.382 e. The van der Waals surface area contributed by atoms with E-state index in [0.29, 0.717) is 22.4 Å². The highest BCUT2D eigenvalue weighted by Crippen LogP contribution is 2.29. The third-order valence-electron chi connectivity index (χ3n) is 6.28. The highest BCUT2D eigenvalue weighted by Gasteiger charge is 2.27. The summed E-state index contributed by atoms with van der Waals surface area (Å²) in [5, 5.41) is 9.83. The molecule has 1 aliphatic carbocycles. The Morgan fingerprint density at radius 3 is 2.51 bits per heavy atom. The fourth-order valence-electron chi connectivity index (χ4n) is 4.12. The van der Waals surface area contributed by atoms with Crippen molar-refractivity contribution in [2.75, 3.05) is 11.9 Å². The van der Waals surface area contributed by atoms with Crippen molar-refractivity contribution < 1.29 is 31.5 Å². The van der Waals surface area contributed by atoms with Crippen molar-refractivity contribution in [2.24, 2.45) is 0 Å². The van der Waals surface area contributed by atoms with Gasteiger partial charge in [-0.3, -0.25) is 9.59 Å². The Morgan fingerprint density at radius 2 is 1.82 bits per heavy atom. The summed E-state index contributed by atoms with van der Waals surface area (Å²) in [6.07, 6.45) is -2.27. The SMILES string of the molecule is Cc1cc(-c2cnc3c(NCCC(F)(F)F)cc(C(=O)c4cc(F)ccc4F)nn23)ccc1C(=O)NC1CC1. The lowest BCUT2D eigenvalue weighted by Crippen LogP contribution is -2.26. The summed E-state index contributed by atoms with van der Waals surface area (Å²) in [5.74, 6) is -2.97. The first-order valence-corrected chi connectivity index (χ1v) is 12.1. The summed E-state index contributed by atoms with van der Waals surface area (Å²) < 4.78 is 67.7. The van der Waals surface area contributed by atoms with Gasteiger partial charge in [-0.2, -0.15) is 18.3 Å². The minimum atomic E-state index is -4.43. The van der Waals surface area contributed by atoms with E-state index in [1.54, 1.807) is 25.1 Å². The molecule has 5 rings (SSSR count). The van der Waals surface area contributed by atoms with E-state index < -0.39 is 42.1 Å². The summed E-state index contributed by atoms with van der Waals surface area (Å²) in [7, 11) is 0. The zero-order valence-electron chi connectivity index (χ0n) is 20.6. The van der Waals surface area contributed by atoms with Gasteiger partial charge >= 0.3 is 6.18 Å². The zero-order valence-corrected chi connectivity index (χ0v) is 20.6. The lowest BCUT2D eigenvalue weighted by atomic mass is 10.0. The molecule has 7 nitrogen and oxygen atoms in total. The van der Waals surface area contributed by atoms with Gasteiger partial charge in [-0.25, -0.2) is 18.3 Å². The molecule has 1 fully saturated rings. The van der Waals surface area contributed by atoms with Crippen molar-refractivity contribution in [3.8, 4) is 11.3 Å². The van der Waals surface area contributed by atoms with Crippen molar-refractivity contribution in [3.05, 3.63) is 82.7 Å². The number of ketones is 1. The summed E-state index contributed by atoms with van der Waals surface area (Å²) in [6.45, 7) is 1.24. The second-order valence-corrected chi connectivity index (χ2v) is 9.34. The van der Waals surface area contributed by atoms with E-state index in [2.05, 4.69) is 20.7 Å². The van der Waals surface area contributed by atoms with Crippen LogP contribution in [-0.4, -0.2) is 45.1 Å². The first-order valence-electron chi connectivity index (χ1n) is 12.1. The van der Waals surface area contributed by atoms with Crippen molar-refractivity contribution >= 4 is 23.0 Å². The Kier molecular flexibility index (Phi) is 6.79. The van der Waals surface area contributed by atoms with Crippen molar-refractivity contribution in [1.82, 2.24) is 19.9 Å². The molecule has 0 bridgehead atoms. The minimum absolute atomic E-state index is 0.0535. The van der Waals surface area contributed by atoms with Gasteiger partial charge in [0, 0.05) is 23.7 Å². The lowest BCUT2D eigenvalue weighted by Gasteiger charge is -2.13. The second kappa shape index (κ2) is 10.1. The summed E-state index contributed by atoms with van der Waals surface area (Å²) >= 11 is 0. The van der Waals surface area contributed by atoms with E-state index in [9.17, 15) is 31.5 Å². The van der Waals surface area contributed by atoms with Crippen molar-refractivity contribution in [2.45, 2.75) is 38.4 Å². The van der Waals surface area contributed by atoms with Crippen LogP contribution in [0, 0.1) is 18.6 Å². The van der Waals surface area contributed by atoms with Crippen LogP contribution in [0.25, 0.3) is 16.9 Å². The number of carbonyl (C=O) groups excluding carboxylic acids is 2. The number of nitrogens with zero attached hydrogens (tertiary/aromatic N) is 3. The standard InChI is InChI=1S/C27H22F5N5O2/c1-14-10-15(2-6-18(14)26(39)35-17-4-5-17)23-13-34-25-22(33-9-8-27(30,31)32)12-21(36-37(23)25)24(38)19-11-16(28)3-7-20(19)29/h2-3,6-7,10-13,17,33H,4-5,8-9H2,1H3,(H,35,39). The number of aryl methyl sites for hydroxylation is 1. The molecule has 2 N–H and O–H groups in total. The number of alkyl halides is 3. The fourth-order valence-corrected chi connectivity index (χ4v) is 4.12. The number of nitrogens with one attached hydrogen (secondary N) is 2. The second-order valence-electron chi connectivity index (χ2n) is 9.34. The van der Waals surface area contributed by atoms with E-state index in [1.165, 1.54) is 10.7 Å².